The molecule has 3 heterocycles. The molecule has 150 valence electrons. The number of nitrogens with zero attached hydrogens (tertiary/aromatic N) is 5. The minimum absolute atomic E-state index is 0.281. The fraction of sp³-hybridized carbons (Fsp3) is 0.444. The van der Waals surface area contributed by atoms with Gasteiger partial charge in [0.2, 0.25) is 10.0 Å². The smallest absolute Gasteiger partial charge is 0.243 e. The maximum absolute atomic E-state index is 12.9. The summed E-state index contributed by atoms with van der Waals surface area (Å²) in [6.45, 7) is 4.45. The Kier molecular flexibility index (Phi) is 5.46. The molecule has 0 N–H and O–H groups in total. The van der Waals surface area contributed by atoms with E-state index in [1.54, 1.807) is 30.1 Å². The Balaban J connectivity index is 1.65. The van der Waals surface area contributed by atoms with E-state index in [0.29, 0.717) is 37.6 Å². The Morgan fingerprint density at radius 3 is 2.71 bits per heavy atom. The van der Waals surface area contributed by atoms with E-state index in [1.807, 2.05) is 23.9 Å². The lowest BCUT2D eigenvalue weighted by molar-refractivity contribution is 0.0730. The van der Waals surface area contributed by atoms with Gasteiger partial charge in [-0.2, -0.15) is 4.31 Å². The third-order valence-electron chi connectivity index (χ3n) is 4.86. The van der Waals surface area contributed by atoms with Crippen LogP contribution in [0.2, 0.25) is 0 Å². The number of aromatic nitrogens is 4. The van der Waals surface area contributed by atoms with Crippen molar-refractivity contribution in [1.29, 1.82) is 0 Å². The number of aryl methyl sites for hydroxylation is 2. The molecule has 2 aromatic heterocycles. The van der Waals surface area contributed by atoms with E-state index < -0.39 is 10.0 Å². The molecule has 0 amide bonds. The van der Waals surface area contributed by atoms with Crippen molar-refractivity contribution < 1.29 is 13.2 Å². The van der Waals surface area contributed by atoms with Gasteiger partial charge in [0.1, 0.15) is 5.82 Å². The number of thioether (sulfide) groups is 1. The Labute approximate surface area is 168 Å². The van der Waals surface area contributed by atoms with Gasteiger partial charge in [0.25, 0.3) is 0 Å². The van der Waals surface area contributed by atoms with Crippen molar-refractivity contribution in [3.63, 3.8) is 0 Å². The highest BCUT2D eigenvalue weighted by atomic mass is 32.2. The number of morpholine rings is 1. The number of hydrogen-bond acceptors (Lipinski definition) is 6. The van der Waals surface area contributed by atoms with E-state index in [1.165, 1.54) is 4.31 Å². The minimum Gasteiger partial charge on any atom is -0.379 e. The van der Waals surface area contributed by atoms with Gasteiger partial charge in [-0.1, -0.05) is 11.8 Å². The van der Waals surface area contributed by atoms with E-state index in [0.717, 1.165) is 23.0 Å². The lowest BCUT2D eigenvalue weighted by atomic mass is 10.3. The molecule has 10 heteroatoms. The number of fused-ring (bicyclic) bond motifs is 1. The van der Waals surface area contributed by atoms with Crippen molar-refractivity contribution in [1.82, 2.24) is 23.4 Å². The second-order valence-corrected chi connectivity index (χ2v) is 9.43. The number of benzene rings is 1. The zero-order valence-corrected chi connectivity index (χ0v) is 17.5. The van der Waals surface area contributed by atoms with Gasteiger partial charge in [-0.3, -0.25) is 0 Å². The molecule has 0 spiro atoms. The Hall–Kier alpha value is -1.88. The van der Waals surface area contributed by atoms with Crippen LogP contribution in [0.15, 0.2) is 40.6 Å². The average molecular weight is 422 g/mol. The van der Waals surface area contributed by atoms with E-state index in [4.69, 9.17) is 9.72 Å². The van der Waals surface area contributed by atoms with Crippen molar-refractivity contribution in [2.24, 2.45) is 7.05 Å². The van der Waals surface area contributed by atoms with E-state index in [2.05, 4.69) is 16.5 Å². The van der Waals surface area contributed by atoms with Gasteiger partial charge in [-0.15, -0.1) is 0 Å². The first-order chi connectivity index (χ1) is 13.5. The van der Waals surface area contributed by atoms with Crippen LogP contribution in [-0.2, 0) is 34.1 Å². The topological polar surface area (TPSA) is 82.2 Å². The van der Waals surface area contributed by atoms with Crippen molar-refractivity contribution in [2.45, 2.75) is 29.3 Å². The number of hydrogen-bond donors (Lipinski definition) is 0. The third kappa shape index (κ3) is 3.57. The van der Waals surface area contributed by atoms with Crippen LogP contribution in [0.25, 0.3) is 11.0 Å². The van der Waals surface area contributed by atoms with Crippen molar-refractivity contribution in [3.8, 4) is 0 Å². The zero-order chi connectivity index (χ0) is 19.7. The molecular formula is C18H23N5O3S2. The molecule has 1 aromatic carbocycles. The van der Waals surface area contributed by atoms with Crippen LogP contribution in [-0.4, -0.2) is 58.1 Å². The minimum atomic E-state index is -3.53. The molecular weight excluding hydrogens is 398 g/mol. The van der Waals surface area contributed by atoms with Crippen LogP contribution < -0.4 is 0 Å². The first kappa shape index (κ1) is 19.4. The summed E-state index contributed by atoms with van der Waals surface area (Å²) in [5.74, 6) is 1.67. The molecule has 0 atom stereocenters. The molecule has 0 saturated carbocycles. The van der Waals surface area contributed by atoms with Crippen molar-refractivity contribution in [2.75, 3.05) is 26.3 Å². The number of ether oxygens (including phenoxy) is 1. The number of rotatable bonds is 6. The van der Waals surface area contributed by atoms with Crippen LogP contribution in [0.4, 0.5) is 0 Å². The number of imidazole rings is 2. The molecule has 28 heavy (non-hydrogen) atoms. The Bertz CT molecular complexity index is 1080. The second kappa shape index (κ2) is 7.86. The molecule has 4 rings (SSSR count). The summed E-state index contributed by atoms with van der Waals surface area (Å²) < 4.78 is 36.7. The summed E-state index contributed by atoms with van der Waals surface area (Å²) in [5.41, 5.74) is 1.63. The van der Waals surface area contributed by atoms with E-state index in [-0.39, 0.29) is 4.90 Å². The summed E-state index contributed by atoms with van der Waals surface area (Å²) in [6.07, 6.45) is 3.70. The van der Waals surface area contributed by atoms with Crippen molar-refractivity contribution >= 4 is 32.8 Å². The second-order valence-electron chi connectivity index (χ2n) is 6.55. The van der Waals surface area contributed by atoms with Gasteiger partial charge in [0.05, 0.1) is 34.9 Å². The largest absolute Gasteiger partial charge is 0.379 e. The molecule has 1 aliphatic rings. The summed E-state index contributed by atoms with van der Waals surface area (Å²) in [5, 5.41) is 0.862. The van der Waals surface area contributed by atoms with Gasteiger partial charge in [0, 0.05) is 39.1 Å². The highest BCUT2D eigenvalue weighted by Gasteiger charge is 2.27. The average Bonchev–Trinajstić information content (AvgIpc) is 3.28. The standard InChI is InChI=1S/C18H23N5O3S2/c1-3-23-16-5-4-14(28(24,25)22-8-10-26-11-9-22)12-15(16)20-18(23)27-13-17-19-6-7-21(17)2/h4-7,12H,3,8-11,13H2,1-2H3. The van der Waals surface area contributed by atoms with Crippen LogP contribution in [0.1, 0.15) is 12.7 Å². The lowest BCUT2D eigenvalue weighted by Crippen LogP contribution is -2.40. The highest BCUT2D eigenvalue weighted by Crippen LogP contribution is 2.29. The highest BCUT2D eigenvalue weighted by molar-refractivity contribution is 7.98. The molecule has 0 bridgehead atoms. The van der Waals surface area contributed by atoms with Crippen LogP contribution in [0, 0.1) is 0 Å². The molecule has 1 aliphatic heterocycles. The predicted octanol–water partition coefficient (Wildman–Crippen LogP) is 2.10. The molecule has 1 saturated heterocycles. The summed E-state index contributed by atoms with van der Waals surface area (Å²) in [7, 11) is -1.57. The van der Waals surface area contributed by atoms with Gasteiger partial charge >= 0.3 is 0 Å². The predicted molar refractivity (Wildman–Crippen MR) is 108 cm³/mol. The lowest BCUT2D eigenvalue weighted by Gasteiger charge is -2.26. The Morgan fingerprint density at radius 1 is 1.25 bits per heavy atom. The first-order valence-corrected chi connectivity index (χ1v) is 11.6. The van der Waals surface area contributed by atoms with Crippen molar-refractivity contribution in [3.05, 3.63) is 36.4 Å². The zero-order valence-electron chi connectivity index (χ0n) is 15.9. The maximum Gasteiger partial charge on any atom is 0.243 e. The third-order valence-corrected chi connectivity index (χ3v) is 7.73. The molecule has 0 radical (unpaired) electrons. The number of sulfonamides is 1. The van der Waals surface area contributed by atoms with Crippen LogP contribution in [0.3, 0.4) is 0 Å². The monoisotopic (exact) mass is 421 g/mol. The summed E-state index contributed by atoms with van der Waals surface area (Å²) in [6, 6.07) is 5.20. The van der Waals surface area contributed by atoms with Crippen LogP contribution >= 0.6 is 11.8 Å². The van der Waals surface area contributed by atoms with Gasteiger partial charge < -0.3 is 13.9 Å². The summed E-state index contributed by atoms with van der Waals surface area (Å²) >= 11 is 1.60. The first-order valence-electron chi connectivity index (χ1n) is 9.18. The molecule has 0 unspecified atom stereocenters. The molecule has 0 aliphatic carbocycles. The quantitative estimate of drug-likeness (QED) is 0.567. The maximum atomic E-state index is 12.9. The van der Waals surface area contributed by atoms with Gasteiger partial charge in [0.15, 0.2) is 5.16 Å². The molecule has 8 nitrogen and oxygen atoms in total. The van der Waals surface area contributed by atoms with E-state index >= 15 is 0 Å². The normalized spacial score (nSPS) is 16.1. The fourth-order valence-electron chi connectivity index (χ4n) is 3.26. The van der Waals surface area contributed by atoms with Crippen LogP contribution in [0.5, 0.6) is 0 Å². The SMILES string of the molecule is CCn1c(SCc2nccn2C)nc2cc(S(=O)(=O)N3CCOCC3)ccc21. The Morgan fingerprint density at radius 2 is 2.04 bits per heavy atom. The molecule has 1 fully saturated rings. The molecule has 3 aromatic rings. The van der Waals surface area contributed by atoms with Gasteiger partial charge in [-0.05, 0) is 25.1 Å². The summed E-state index contributed by atoms with van der Waals surface area (Å²) in [4.78, 5) is 9.34. The van der Waals surface area contributed by atoms with Gasteiger partial charge in [-0.25, -0.2) is 18.4 Å². The fourth-order valence-corrected chi connectivity index (χ4v) is 5.78. The van der Waals surface area contributed by atoms with E-state index in [9.17, 15) is 8.42 Å².